The highest BCUT2D eigenvalue weighted by molar-refractivity contribution is 5.94. The smallest absolute Gasteiger partial charge is 0.341 e. The van der Waals surface area contributed by atoms with Crippen LogP contribution in [0.25, 0.3) is 0 Å². The summed E-state index contributed by atoms with van der Waals surface area (Å²) in [6.07, 6.45) is 1.64. The largest absolute Gasteiger partial charge is 0.490 e. The number of carboxylic acids is 1. The zero-order valence-corrected chi connectivity index (χ0v) is 16.2. The third-order valence-corrected chi connectivity index (χ3v) is 4.81. The van der Waals surface area contributed by atoms with E-state index in [1.54, 1.807) is 29.2 Å². The van der Waals surface area contributed by atoms with Gasteiger partial charge in [0.25, 0.3) is 5.91 Å². The Morgan fingerprint density at radius 3 is 2.57 bits per heavy atom. The Labute approximate surface area is 164 Å². The van der Waals surface area contributed by atoms with Crippen LogP contribution in [0.2, 0.25) is 0 Å². The Hall–Kier alpha value is -3.02. The molecule has 6 nitrogen and oxygen atoms in total. The van der Waals surface area contributed by atoms with Gasteiger partial charge in [-0.2, -0.15) is 0 Å². The first kappa shape index (κ1) is 19.7. The van der Waals surface area contributed by atoms with E-state index in [0.29, 0.717) is 24.4 Å². The highest BCUT2D eigenvalue weighted by Gasteiger charge is 2.25. The molecule has 3 rings (SSSR count). The van der Waals surface area contributed by atoms with Gasteiger partial charge >= 0.3 is 5.97 Å². The molecule has 0 aliphatic carbocycles. The number of hydrogen-bond donors (Lipinski definition) is 1. The van der Waals surface area contributed by atoms with Gasteiger partial charge in [-0.05, 0) is 49.2 Å². The van der Waals surface area contributed by atoms with Crippen molar-refractivity contribution in [2.24, 2.45) is 0 Å². The molecule has 28 heavy (non-hydrogen) atoms. The lowest BCUT2D eigenvalue weighted by Crippen LogP contribution is -2.41. The average Bonchev–Trinajstić information content (AvgIpc) is 2.69. The molecule has 0 radical (unpaired) electrons. The van der Waals surface area contributed by atoms with Gasteiger partial charge in [0, 0.05) is 31.5 Å². The second-order valence-corrected chi connectivity index (χ2v) is 7.09. The Morgan fingerprint density at radius 2 is 1.86 bits per heavy atom. The first-order chi connectivity index (χ1) is 13.4. The molecular weight excluding hydrogens is 358 g/mol. The average molecular weight is 383 g/mol. The number of amides is 1. The van der Waals surface area contributed by atoms with Gasteiger partial charge in [0.15, 0.2) is 6.61 Å². The molecule has 0 saturated carbocycles. The maximum Gasteiger partial charge on any atom is 0.341 e. The summed E-state index contributed by atoms with van der Waals surface area (Å²) in [5.74, 6) is 0.156. The molecule has 1 aliphatic heterocycles. The SMILES string of the molecule is Cc1ccc(C)c(OC2CCN(C(=O)c3cccc(OCC(=O)O)c3)CC2)c1. The molecule has 0 unspecified atom stereocenters. The van der Waals surface area contributed by atoms with Crippen LogP contribution < -0.4 is 9.47 Å². The molecular formula is C22H25NO5. The maximum absolute atomic E-state index is 12.8. The third kappa shape index (κ3) is 5.03. The van der Waals surface area contributed by atoms with Crippen LogP contribution in [-0.4, -0.2) is 47.7 Å². The van der Waals surface area contributed by atoms with E-state index in [2.05, 4.69) is 18.2 Å². The Morgan fingerprint density at radius 1 is 1.11 bits per heavy atom. The second kappa shape index (κ2) is 8.78. The second-order valence-electron chi connectivity index (χ2n) is 7.09. The lowest BCUT2D eigenvalue weighted by atomic mass is 10.1. The zero-order chi connectivity index (χ0) is 20.1. The van der Waals surface area contributed by atoms with Crippen LogP contribution in [0.3, 0.4) is 0 Å². The van der Waals surface area contributed by atoms with Crippen molar-refractivity contribution < 1.29 is 24.2 Å². The summed E-state index contributed by atoms with van der Waals surface area (Å²) in [6.45, 7) is 4.89. The van der Waals surface area contributed by atoms with Gasteiger partial charge in [-0.25, -0.2) is 4.79 Å². The fourth-order valence-electron chi connectivity index (χ4n) is 3.24. The van der Waals surface area contributed by atoms with E-state index in [0.717, 1.165) is 24.2 Å². The lowest BCUT2D eigenvalue weighted by Gasteiger charge is -2.32. The molecule has 1 N–H and O–H groups in total. The van der Waals surface area contributed by atoms with Gasteiger partial charge in [0.05, 0.1) is 0 Å². The monoisotopic (exact) mass is 383 g/mol. The third-order valence-electron chi connectivity index (χ3n) is 4.81. The van der Waals surface area contributed by atoms with Crippen molar-refractivity contribution in [3.8, 4) is 11.5 Å². The summed E-state index contributed by atoms with van der Waals surface area (Å²) in [5, 5.41) is 8.71. The predicted molar refractivity (Wildman–Crippen MR) is 105 cm³/mol. The van der Waals surface area contributed by atoms with Crippen molar-refractivity contribution in [3.63, 3.8) is 0 Å². The number of hydrogen-bond acceptors (Lipinski definition) is 4. The van der Waals surface area contributed by atoms with E-state index in [1.165, 1.54) is 5.56 Å². The van der Waals surface area contributed by atoms with Gasteiger partial charge in [0.1, 0.15) is 17.6 Å². The van der Waals surface area contributed by atoms with Gasteiger partial charge in [-0.1, -0.05) is 18.2 Å². The summed E-state index contributed by atoms with van der Waals surface area (Å²) in [7, 11) is 0. The molecule has 2 aromatic rings. The molecule has 1 aliphatic rings. The minimum absolute atomic E-state index is 0.0778. The molecule has 0 atom stereocenters. The number of benzene rings is 2. The van der Waals surface area contributed by atoms with Crippen LogP contribution in [-0.2, 0) is 4.79 Å². The summed E-state index contributed by atoms with van der Waals surface area (Å²) in [5.41, 5.74) is 2.78. The number of ether oxygens (including phenoxy) is 2. The first-order valence-corrected chi connectivity index (χ1v) is 9.40. The highest BCUT2D eigenvalue weighted by atomic mass is 16.5. The van der Waals surface area contributed by atoms with Crippen molar-refractivity contribution >= 4 is 11.9 Å². The molecule has 0 aromatic heterocycles. The number of likely N-dealkylation sites (tertiary alicyclic amines) is 1. The summed E-state index contributed by atoms with van der Waals surface area (Å²) < 4.78 is 11.3. The van der Waals surface area contributed by atoms with Gasteiger partial charge in [0.2, 0.25) is 0 Å². The quantitative estimate of drug-likeness (QED) is 0.827. The van der Waals surface area contributed by atoms with Gasteiger partial charge in [-0.15, -0.1) is 0 Å². The van der Waals surface area contributed by atoms with E-state index >= 15 is 0 Å². The molecule has 148 valence electrons. The highest BCUT2D eigenvalue weighted by Crippen LogP contribution is 2.25. The van der Waals surface area contributed by atoms with Crippen LogP contribution >= 0.6 is 0 Å². The minimum atomic E-state index is -1.05. The molecule has 0 spiro atoms. The van der Waals surface area contributed by atoms with E-state index in [1.807, 2.05) is 13.8 Å². The van der Waals surface area contributed by atoms with Crippen LogP contribution in [0.15, 0.2) is 42.5 Å². The van der Waals surface area contributed by atoms with Crippen LogP contribution in [0.1, 0.15) is 34.3 Å². The molecule has 1 saturated heterocycles. The number of aliphatic carboxylic acids is 1. The first-order valence-electron chi connectivity index (χ1n) is 9.40. The Bertz CT molecular complexity index is 856. The molecule has 1 amide bonds. The number of rotatable bonds is 6. The predicted octanol–water partition coefficient (Wildman–Crippen LogP) is 3.45. The standard InChI is InChI=1S/C22H25NO5/c1-15-6-7-16(2)20(12-15)28-18-8-10-23(11-9-18)22(26)17-4-3-5-19(13-17)27-14-21(24)25/h3-7,12-13,18H,8-11,14H2,1-2H3,(H,24,25). The van der Waals surface area contributed by atoms with E-state index < -0.39 is 12.6 Å². The summed E-state index contributed by atoms with van der Waals surface area (Å²) >= 11 is 0. The number of carbonyl (C=O) groups excluding carboxylic acids is 1. The maximum atomic E-state index is 12.8. The van der Waals surface area contributed by atoms with E-state index in [9.17, 15) is 9.59 Å². The molecule has 1 fully saturated rings. The van der Waals surface area contributed by atoms with Crippen molar-refractivity contribution in [3.05, 3.63) is 59.2 Å². The number of carboxylic acid groups (broad SMARTS) is 1. The summed E-state index contributed by atoms with van der Waals surface area (Å²) in [4.78, 5) is 25.2. The summed E-state index contributed by atoms with van der Waals surface area (Å²) in [6, 6.07) is 12.8. The number of piperidine rings is 1. The number of carbonyl (C=O) groups is 2. The van der Waals surface area contributed by atoms with Crippen LogP contribution in [0.5, 0.6) is 11.5 Å². The lowest BCUT2D eigenvalue weighted by molar-refractivity contribution is -0.139. The topological polar surface area (TPSA) is 76.1 Å². The van der Waals surface area contributed by atoms with Crippen LogP contribution in [0.4, 0.5) is 0 Å². The fraction of sp³-hybridized carbons (Fsp3) is 0.364. The zero-order valence-electron chi connectivity index (χ0n) is 16.2. The van der Waals surface area contributed by atoms with Crippen molar-refractivity contribution in [2.75, 3.05) is 19.7 Å². The van der Waals surface area contributed by atoms with E-state index in [4.69, 9.17) is 14.6 Å². The van der Waals surface area contributed by atoms with E-state index in [-0.39, 0.29) is 12.0 Å². The van der Waals surface area contributed by atoms with Gasteiger partial charge in [-0.3, -0.25) is 4.79 Å². The van der Waals surface area contributed by atoms with Crippen molar-refractivity contribution in [2.45, 2.75) is 32.8 Å². The van der Waals surface area contributed by atoms with Gasteiger partial charge < -0.3 is 19.5 Å². The minimum Gasteiger partial charge on any atom is -0.490 e. The number of aryl methyl sites for hydroxylation is 2. The molecule has 6 heteroatoms. The molecule has 2 aromatic carbocycles. The molecule has 1 heterocycles. The Kier molecular flexibility index (Phi) is 6.19. The normalized spacial score (nSPS) is 14.6. The number of nitrogens with zero attached hydrogens (tertiary/aromatic N) is 1. The molecule has 0 bridgehead atoms. The van der Waals surface area contributed by atoms with Crippen molar-refractivity contribution in [1.82, 2.24) is 4.90 Å². The fourth-order valence-corrected chi connectivity index (χ4v) is 3.24. The Balaban J connectivity index is 1.57. The van der Waals surface area contributed by atoms with Crippen molar-refractivity contribution in [1.29, 1.82) is 0 Å². The van der Waals surface area contributed by atoms with Crippen LogP contribution in [0, 0.1) is 13.8 Å².